The molecule has 1 aliphatic carbocycles. The number of carbonyl (C=O) groups excluding carboxylic acids is 1. The highest BCUT2D eigenvalue weighted by Gasteiger charge is 2.23. The summed E-state index contributed by atoms with van der Waals surface area (Å²) in [4.78, 5) is 12.2. The van der Waals surface area contributed by atoms with Crippen LogP contribution in [0.2, 0.25) is 0 Å². The number of rotatable bonds is 5. The second-order valence-electron chi connectivity index (χ2n) is 5.18. The lowest BCUT2D eigenvalue weighted by Gasteiger charge is -2.06. The van der Waals surface area contributed by atoms with Crippen molar-refractivity contribution in [3.05, 3.63) is 59.7 Å². The van der Waals surface area contributed by atoms with E-state index in [1.165, 1.54) is 0 Å². The minimum atomic E-state index is 0.104. The van der Waals surface area contributed by atoms with Crippen LogP contribution in [0.3, 0.4) is 0 Å². The van der Waals surface area contributed by atoms with Crippen LogP contribution in [0.4, 0.5) is 5.69 Å². The molecule has 0 spiro atoms. The highest BCUT2D eigenvalue weighted by atomic mass is 16.5. The van der Waals surface area contributed by atoms with Gasteiger partial charge in [0.1, 0.15) is 5.75 Å². The third-order valence-corrected chi connectivity index (χ3v) is 3.35. The highest BCUT2D eigenvalue weighted by molar-refractivity contribution is 5.97. The first-order valence-electron chi connectivity index (χ1n) is 6.85. The van der Waals surface area contributed by atoms with E-state index in [1.54, 1.807) is 0 Å². The summed E-state index contributed by atoms with van der Waals surface area (Å²) in [5, 5.41) is 0. The number of benzene rings is 2. The van der Waals surface area contributed by atoms with E-state index >= 15 is 0 Å². The molecule has 102 valence electrons. The first kappa shape index (κ1) is 12.7. The summed E-state index contributed by atoms with van der Waals surface area (Å²) in [6.45, 7) is 0. The Morgan fingerprint density at radius 2 is 1.70 bits per heavy atom. The molecule has 2 N–H and O–H groups in total. The topological polar surface area (TPSA) is 52.3 Å². The van der Waals surface area contributed by atoms with E-state index in [-0.39, 0.29) is 5.78 Å². The van der Waals surface area contributed by atoms with Crippen molar-refractivity contribution in [2.45, 2.75) is 25.4 Å². The molecule has 1 aliphatic rings. The van der Waals surface area contributed by atoms with Crippen LogP contribution in [0.1, 0.15) is 28.8 Å². The molecule has 2 aromatic carbocycles. The third kappa shape index (κ3) is 3.18. The molecule has 0 saturated heterocycles. The fourth-order valence-corrected chi connectivity index (χ4v) is 2.02. The molecule has 3 rings (SSSR count). The summed E-state index contributed by atoms with van der Waals surface area (Å²) in [6, 6.07) is 14.8. The van der Waals surface area contributed by atoms with Crippen LogP contribution in [0.15, 0.2) is 48.5 Å². The van der Waals surface area contributed by atoms with E-state index in [9.17, 15) is 4.79 Å². The van der Waals surface area contributed by atoms with E-state index in [0.29, 0.717) is 23.8 Å². The van der Waals surface area contributed by atoms with Crippen molar-refractivity contribution in [2.24, 2.45) is 0 Å². The maximum Gasteiger partial charge on any atom is 0.167 e. The lowest BCUT2D eigenvalue weighted by atomic mass is 10.0. The van der Waals surface area contributed by atoms with Gasteiger partial charge in [0.15, 0.2) is 5.78 Å². The molecule has 0 amide bonds. The molecular weight excluding hydrogens is 250 g/mol. The van der Waals surface area contributed by atoms with Gasteiger partial charge < -0.3 is 10.5 Å². The zero-order valence-corrected chi connectivity index (χ0v) is 11.2. The number of nitrogens with two attached hydrogens (primary N) is 1. The first-order valence-corrected chi connectivity index (χ1v) is 6.85. The van der Waals surface area contributed by atoms with Crippen molar-refractivity contribution in [1.82, 2.24) is 0 Å². The number of anilines is 1. The van der Waals surface area contributed by atoms with Crippen molar-refractivity contribution < 1.29 is 9.53 Å². The van der Waals surface area contributed by atoms with Gasteiger partial charge in [-0.1, -0.05) is 12.1 Å². The Labute approximate surface area is 118 Å². The van der Waals surface area contributed by atoms with Gasteiger partial charge in [-0.05, 0) is 54.8 Å². The lowest BCUT2D eigenvalue weighted by Crippen LogP contribution is -2.04. The molecule has 0 radical (unpaired) electrons. The molecule has 3 nitrogen and oxygen atoms in total. The summed E-state index contributed by atoms with van der Waals surface area (Å²) < 4.78 is 5.67. The van der Waals surface area contributed by atoms with Crippen LogP contribution in [-0.2, 0) is 6.42 Å². The van der Waals surface area contributed by atoms with Crippen LogP contribution in [-0.4, -0.2) is 11.9 Å². The zero-order valence-electron chi connectivity index (χ0n) is 11.2. The van der Waals surface area contributed by atoms with Crippen molar-refractivity contribution in [1.29, 1.82) is 0 Å². The molecule has 1 fully saturated rings. The van der Waals surface area contributed by atoms with Crippen molar-refractivity contribution >= 4 is 11.5 Å². The van der Waals surface area contributed by atoms with Gasteiger partial charge in [0.25, 0.3) is 0 Å². The number of ketones is 1. The molecule has 1 saturated carbocycles. The average molecular weight is 267 g/mol. The van der Waals surface area contributed by atoms with Crippen molar-refractivity contribution in [3.8, 4) is 5.75 Å². The maximum atomic E-state index is 12.2. The fourth-order valence-electron chi connectivity index (χ4n) is 2.02. The molecule has 0 aromatic heterocycles. The number of nitrogen functional groups attached to an aromatic ring is 1. The lowest BCUT2D eigenvalue weighted by molar-refractivity contribution is 0.0993. The summed E-state index contributed by atoms with van der Waals surface area (Å²) in [7, 11) is 0. The number of hydrogen-bond acceptors (Lipinski definition) is 3. The molecule has 20 heavy (non-hydrogen) atoms. The zero-order chi connectivity index (χ0) is 13.9. The van der Waals surface area contributed by atoms with Gasteiger partial charge in [0.2, 0.25) is 0 Å². The highest BCUT2D eigenvalue weighted by Crippen LogP contribution is 2.26. The minimum Gasteiger partial charge on any atom is -0.490 e. The maximum absolute atomic E-state index is 12.2. The molecule has 0 bridgehead atoms. The molecule has 2 aromatic rings. The average Bonchev–Trinajstić information content (AvgIpc) is 3.26. The Morgan fingerprint density at radius 3 is 2.30 bits per heavy atom. The van der Waals surface area contributed by atoms with Gasteiger partial charge in [0.05, 0.1) is 6.10 Å². The molecule has 0 unspecified atom stereocenters. The summed E-state index contributed by atoms with van der Waals surface area (Å²) in [5.74, 6) is 0.948. The van der Waals surface area contributed by atoms with Gasteiger partial charge >= 0.3 is 0 Å². The summed E-state index contributed by atoms with van der Waals surface area (Å²) >= 11 is 0. The number of ether oxygens (including phenoxy) is 1. The van der Waals surface area contributed by atoms with E-state index in [0.717, 1.165) is 24.2 Å². The van der Waals surface area contributed by atoms with Gasteiger partial charge in [0, 0.05) is 17.7 Å². The van der Waals surface area contributed by atoms with Gasteiger partial charge in [-0.3, -0.25) is 4.79 Å². The Bertz CT molecular complexity index is 598. The van der Waals surface area contributed by atoms with Crippen LogP contribution >= 0.6 is 0 Å². The number of Topliss-reactive ketones (excluding diaryl/α,β-unsaturated/α-hetero) is 1. The van der Waals surface area contributed by atoms with Crippen LogP contribution in [0.25, 0.3) is 0 Å². The molecule has 0 aliphatic heterocycles. The third-order valence-electron chi connectivity index (χ3n) is 3.35. The SMILES string of the molecule is Nc1ccc(CC(=O)c2ccc(OC3CC3)cc2)cc1. The number of carbonyl (C=O) groups is 1. The summed E-state index contributed by atoms with van der Waals surface area (Å²) in [5.41, 5.74) is 8.03. The molecule has 0 heterocycles. The normalized spacial score (nSPS) is 14.0. The van der Waals surface area contributed by atoms with E-state index in [1.807, 2.05) is 48.5 Å². The Hall–Kier alpha value is -2.29. The minimum absolute atomic E-state index is 0.104. The smallest absolute Gasteiger partial charge is 0.167 e. The standard InChI is InChI=1S/C17H17NO2/c18-14-5-1-12(2-6-14)11-17(19)13-3-7-15(8-4-13)20-16-9-10-16/h1-8,16H,9-11,18H2. The van der Waals surface area contributed by atoms with Crippen LogP contribution in [0, 0.1) is 0 Å². The fraction of sp³-hybridized carbons (Fsp3) is 0.235. The predicted octanol–water partition coefficient (Wildman–Crippen LogP) is 3.24. The second-order valence-corrected chi connectivity index (χ2v) is 5.18. The van der Waals surface area contributed by atoms with Crippen molar-refractivity contribution in [2.75, 3.05) is 5.73 Å². The monoisotopic (exact) mass is 267 g/mol. The Kier molecular flexibility index (Phi) is 3.42. The van der Waals surface area contributed by atoms with Gasteiger partial charge in [-0.15, -0.1) is 0 Å². The first-order chi connectivity index (χ1) is 9.70. The van der Waals surface area contributed by atoms with Gasteiger partial charge in [-0.25, -0.2) is 0 Å². The molecule has 3 heteroatoms. The van der Waals surface area contributed by atoms with Gasteiger partial charge in [-0.2, -0.15) is 0 Å². The molecular formula is C17H17NO2. The van der Waals surface area contributed by atoms with E-state index in [4.69, 9.17) is 10.5 Å². The second kappa shape index (κ2) is 5.37. The largest absolute Gasteiger partial charge is 0.490 e. The quantitative estimate of drug-likeness (QED) is 0.668. The van der Waals surface area contributed by atoms with E-state index < -0.39 is 0 Å². The summed E-state index contributed by atoms with van der Waals surface area (Å²) in [6.07, 6.45) is 3.05. The number of hydrogen-bond donors (Lipinski definition) is 1. The van der Waals surface area contributed by atoms with Crippen LogP contribution < -0.4 is 10.5 Å². The van der Waals surface area contributed by atoms with Crippen LogP contribution in [0.5, 0.6) is 5.75 Å². The van der Waals surface area contributed by atoms with Crippen molar-refractivity contribution in [3.63, 3.8) is 0 Å². The Morgan fingerprint density at radius 1 is 1.05 bits per heavy atom. The predicted molar refractivity (Wildman–Crippen MR) is 79.0 cm³/mol. The van der Waals surface area contributed by atoms with E-state index in [2.05, 4.69) is 0 Å². The molecule has 0 atom stereocenters. The Balaban J connectivity index is 1.65.